The lowest BCUT2D eigenvalue weighted by atomic mass is 10.1. The van der Waals surface area contributed by atoms with Crippen LogP contribution in [0.4, 0.5) is 23.0 Å². The highest BCUT2D eigenvalue weighted by atomic mass is 16.5. The molecule has 3 aromatic heterocycles. The van der Waals surface area contributed by atoms with Crippen molar-refractivity contribution in [3.63, 3.8) is 0 Å². The van der Waals surface area contributed by atoms with Crippen molar-refractivity contribution in [2.24, 2.45) is 0 Å². The van der Waals surface area contributed by atoms with E-state index in [0.717, 1.165) is 61.6 Å². The predicted molar refractivity (Wildman–Crippen MR) is 171 cm³/mol. The first-order valence-corrected chi connectivity index (χ1v) is 14.3. The summed E-state index contributed by atoms with van der Waals surface area (Å²) in [5, 5.41) is 7.42. The van der Waals surface area contributed by atoms with Crippen molar-refractivity contribution in [2.45, 2.75) is 6.42 Å². The Hall–Kier alpha value is -5.22. The first-order valence-electron chi connectivity index (χ1n) is 14.3. The van der Waals surface area contributed by atoms with Gasteiger partial charge in [-0.15, -0.1) is 0 Å². The van der Waals surface area contributed by atoms with Crippen molar-refractivity contribution >= 4 is 39.8 Å². The van der Waals surface area contributed by atoms with Gasteiger partial charge in [0.1, 0.15) is 11.6 Å². The zero-order valence-electron chi connectivity index (χ0n) is 24.1. The average Bonchev–Trinajstić information content (AvgIpc) is 3.49. The van der Waals surface area contributed by atoms with E-state index in [4.69, 9.17) is 9.72 Å². The number of hydrogen-bond acceptors (Lipinski definition) is 8. The van der Waals surface area contributed by atoms with Crippen molar-refractivity contribution in [3.05, 3.63) is 104 Å². The molecule has 1 aliphatic heterocycles. The summed E-state index contributed by atoms with van der Waals surface area (Å²) < 4.78 is 7.83. The standard InChI is InChI=1S/C33H34N8O2/c1-3-32(42)36-26-22-27(37-33-35-15-10-31(38-33)41-17-12-25-6-4-5-7-28(25)41)30(43-2)23-29(26)40-20-18-39(19-21-40)16-11-24-8-13-34-14-9-24/h3-10,12-15,17,22-23H,1,11,16,18-21H2,2H3,(H,36,42)(H,35,37,38). The number of nitrogens with one attached hydrogen (secondary N) is 2. The number of rotatable bonds is 10. The molecule has 0 unspecified atom stereocenters. The van der Waals surface area contributed by atoms with Gasteiger partial charge in [0.2, 0.25) is 11.9 Å². The van der Waals surface area contributed by atoms with Crippen LogP contribution in [0.1, 0.15) is 5.56 Å². The van der Waals surface area contributed by atoms with Gasteiger partial charge in [-0.1, -0.05) is 24.8 Å². The van der Waals surface area contributed by atoms with E-state index in [0.29, 0.717) is 23.1 Å². The number of anilines is 4. The summed E-state index contributed by atoms with van der Waals surface area (Å²) in [4.78, 5) is 30.5. The smallest absolute Gasteiger partial charge is 0.247 e. The number of benzene rings is 2. The monoisotopic (exact) mass is 574 g/mol. The minimum Gasteiger partial charge on any atom is -0.494 e. The molecule has 1 saturated heterocycles. The zero-order valence-corrected chi connectivity index (χ0v) is 24.1. The molecule has 0 spiro atoms. The molecule has 6 rings (SSSR count). The molecule has 5 aromatic rings. The Balaban J connectivity index is 1.23. The van der Waals surface area contributed by atoms with Crippen LogP contribution in [-0.4, -0.2) is 70.2 Å². The first kappa shape index (κ1) is 27.9. The lowest BCUT2D eigenvalue weighted by molar-refractivity contribution is -0.111. The zero-order chi connectivity index (χ0) is 29.6. The lowest BCUT2D eigenvalue weighted by Crippen LogP contribution is -2.47. The van der Waals surface area contributed by atoms with Gasteiger partial charge in [0.05, 0.1) is 29.7 Å². The van der Waals surface area contributed by atoms with Crippen LogP contribution < -0.4 is 20.3 Å². The summed E-state index contributed by atoms with van der Waals surface area (Å²) in [7, 11) is 1.63. The molecule has 0 radical (unpaired) electrons. The fraction of sp³-hybridized carbons (Fsp3) is 0.212. The number of nitrogens with zero attached hydrogens (tertiary/aromatic N) is 6. The lowest BCUT2D eigenvalue weighted by Gasteiger charge is -2.37. The molecule has 10 heteroatoms. The number of methoxy groups -OCH3 is 1. The number of fused-ring (bicyclic) bond motifs is 1. The molecule has 1 aliphatic rings. The number of carbonyl (C=O) groups is 1. The van der Waals surface area contributed by atoms with Gasteiger partial charge in [-0.25, -0.2) is 4.98 Å². The second-order valence-corrected chi connectivity index (χ2v) is 10.3. The Morgan fingerprint density at radius 2 is 1.81 bits per heavy atom. The molecule has 218 valence electrons. The SMILES string of the molecule is C=CC(=O)Nc1cc(Nc2nccc(-n3ccc4ccccc43)n2)c(OC)cc1N1CCN(CCc2ccncc2)CC1. The second kappa shape index (κ2) is 12.7. The van der Waals surface area contributed by atoms with Crippen molar-refractivity contribution in [3.8, 4) is 11.6 Å². The number of amides is 1. The van der Waals surface area contributed by atoms with E-state index in [1.165, 1.54) is 11.6 Å². The van der Waals surface area contributed by atoms with E-state index in [1.54, 1.807) is 13.3 Å². The maximum absolute atomic E-state index is 12.5. The average molecular weight is 575 g/mol. The molecule has 0 atom stereocenters. The highest BCUT2D eigenvalue weighted by molar-refractivity contribution is 6.02. The van der Waals surface area contributed by atoms with Crippen molar-refractivity contribution in [1.82, 2.24) is 24.4 Å². The van der Waals surface area contributed by atoms with Crippen molar-refractivity contribution in [2.75, 3.05) is 55.4 Å². The minimum absolute atomic E-state index is 0.286. The molecule has 0 bridgehead atoms. The Labute approximate surface area is 250 Å². The number of carbonyl (C=O) groups excluding carboxylic acids is 1. The van der Waals surface area contributed by atoms with Crippen LogP contribution in [0.3, 0.4) is 0 Å². The Bertz CT molecular complexity index is 1730. The van der Waals surface area contributed by atoms with Crippen LogP contribution in [0, 0.1) is 0 Å². The van der Waals surface area contributed by atoms with Crippen molar-refractivity contribution in [1.29, 1.82) is 0 Å². The third-order valence-corrected chi connectivity index (χ3v) is 7.67. The van der Waals surface area contributed by atoms with Gasteiger partial charge in [0.15, 0.2) is 0 Å². The van der Waals surface area contributed by atoms with Gasteiger partial charge in [0.25, 0.3) is 0 Å². The van der Waals surface area contributed by atoms with Gasteiger partial charge in [-0.05, 0) is 59.8 Å². The molecule has 0 saturated carbocycles. The molecular formula is C33H34N8O2. The summed E-state index contributed by atoms with van der Waals surface area (Å²) in [5.41, 5.74) is 4.53. The van der Waals surface area contributed by atoms with Gasteiger partial charge < -0.3 is 24.8 Å². The van der Waals surface area contributed by atoms with Gasteiger partial charge in [-0.2, -0.15) is 4.98 Å². The van der Waals surface area contributed by atoms with E-state index in [9.17, 15) is 4.79 Å². The quantitative estimate of drug-likeness (QED) is 0.224. The maximum atomic E-state index is 12.5. The van der Waals surface area contributed by atoms with E-state index in [1.807, 2.05) is 53.5 Å². The topological polar surface area (TPSA) is 100 Å². The van der Waals surface area contributed by atoms with Crippen LogP contribution in [-0.2, 0) is 11.2 Å². The summed E-state index contributed by atoms with van der Waals surface area (Å²) in [5.74, 6) is 1.47. The molecule has 2 aromatic carbocycles. The van der Waals surface area contributed by atoms with Gasteiger partial charge in [0, 0.05) is 63.6 Å². The van der Waals surface area contributed by atoms with Crippen LogP contribution in [0.25, 0.3) is 16.7 Å². The molecule has 2 N–H and O–H groups in total. The third kappa shape index (κ3) is 6.34. The number of pyridine rings is 1. The fourth-order valence-electron chi connectivity index (χ4n) is 5.38. The Morgan fingerprint density at radius 3 is 2.60 bits per heavy atom. The molecule has 10 nitrogen and oxygen atoms in total. The first-order chi connectivity index (χ1) is 21.1. The molecule has 4 heterocycles. The fourth-order valence-corrected chi connectivity index (χ4v) is 5.38. The normalized spacial score (nSPS) is 13.6. The van der Waals surface area contributed by atoms with Crippen LogP contribution >= 0.6 is 0 Å². The Kier molecular flexibility index (Phi) is 8.28. The highest BCUT2D eigenvalue weighted by Crippen LogP contribution is 2.38. The number of hydrogen-bond donors (Lipinski definition) is 2. The summed E-state index contributed by atoms with van der Waals surface area (Å²) in [6.45, 7) is 8.09. The summed E-state index contributed by atoms with van der Waals surface area (Å²) >= 11 is 0. The van der Waals surface area contributed by atoms with Gasteiger partial charge in [-0.3, -0.25) is 14.7 Å². The predicted octanol–water partition coefficient (Wildman–Crippen LogP) is 5.06. The van der Waals surface area contributed by atoms with E-state index >= 15 is 0 Å². The van der Waals surface area contributed by atoms with Crippen LogP contribution in [0.15, 0.2) is 98.1 Å². The largest absolute Gasteiger partial charge is 0.494 e. The second-order valence-electron chi connectivity index (χ2n) is 10.3. The van der Waals surface area contributed by atoms with Crippen molar-refractivity contribution < 1.29 is 9.53 Å². The molecule has 1 amide bonds. The number of piperazine rings is 1. The minimum atomic E-state index is -0.286. The third-order valence-electron chi connectivity index (χ3n) is 7.67. The number of ether oxygens (including phenoxy) is 1. The van der Waals surface area contributed by atoms with Gasteiger partial charge >= 0.3 is 0 Å². The molecule has 43 heavy (non-hydrogen) atoms. The van der Waals surface area contributed by atoms with E-state index < -0.39 is 0 Å². The number of aromatic nitrogens is 4. The molecule has 1 fully saturated rings. The summed E-state index contributed by atoms with van der Waals surface area (Å²) in [6, 6.07) is 20.0. The molecule has 0 aliphatic carbocycles. The van der Waals surface area contributed by atoms with E-state index in [2.05, 4.69) is 67.3 Å². The summed E-state index contributed by atoms with van der Waals surface area (Å²) in [6.07, 6.45) is 9.65. The van der Waals surface area contributed by atoms with Crippen LogP contribution in [0.2, 0.25) is 0 Å². The highest BCUT2D eigenvalue weighted by Gasteiger charge is 2.22. The Morgan fingerprint density at radius 1 is 1.00 bits per heavy atom. The van der Waals surface area contributed by atoms with Crippen LogP contribution in [0.5, 0.6) is 5.75 Å². The number of para-hydroxylation sites is 1. The van der Waals surface area contributed by atoms with E-state index in [-0.39, 0.29) is 5.91 Å². The maximum Gasteiger partial charge on any atom is 0.247 e. The molecular weight excluding hydrogens is 540 g/mol.